The van der Waals surface area contributed by atoms with Crippen LogP contribution in [0.25, 0.3) is 0 Å². The van der Waals surface area contributed by atoms with Crippen LogP contribution >= 0.6 is 0 Å². The highest BCUT2D eigenvalue weighted by atomic mass is 19.1. The van der Waals surface area contributed by atoms with Crippen LogP contribution in [0.1, 0.15) is 18.1 Å². The Morgan fingerprint density at radius 2 is 1.68 bits per heavy atom. The van der Waals surface area contributed by atoms with E-state index >= 15 is 0 Å². The smallest absolute Gasteiger partial charge is 0.319 e. The molecule has 0 fully saturated rings. The lowest BCUT2D eigenvalue weighted by Crippen LogP contribution is -2.31. The van der Waals surface area contributed by atoms with E-state index in [4.69, 9.17) is 0 Å². The van der Waals surface area contributed by atoms with Crippen molar-refractivity contribution in [1.82, 2.24) is 10.2 Å². The second-order valence-corrected chi connectivity index (χ2v) is 5.75. The molecule has 0 atom stereocenters. The standard InChI is InChI=1S/C19H22FN3O2/c1-14(24)23(2)13-16-8-4-6-10-18(16)22-19(25)21-12-11-15-7-3-5-9-17(15)20/h3-10H,11-13H2,1-2H3,(H2,21,22,25). The van der Waals surface area contributed by atoms with Crippen LogP contribution in [0.15, 0.2) is 48.5 Å². The molecule has 2 N–H and O–H groups in total. The summed E-state index contributed by atoms with van der Waals surface area (Å²) in [7, 11) is 1.70. The number of anilines is 1. The zero-order valence-electron chi connectivity index (χ0n) is 14.4. The van der Waals surface area contributed by atoms with Gasteiger partial charge in [-0.25, -0.2) is 9.18 Å². The number of carbonyl (C=O) groups excluding carboxylic acids is 2. The van der Waals surface area contributed by atoms with Gasteiger partial charge in [0.05, 0.1) is 0 Å². The zero-order valence-corrected chi connectivity index (χ0v) is 14.4. The highest BCUT2D eigenvalue weighted by Gasteiger charge is 2.10. The number of nitrogens with zero attached hydrogens (tertiary/aromatic N) is 1. The van der Waals surface area contributed by atoms with Gasteiger partial charge in [-0.2, -0.15) is 0 Å². The van der Waals surface area contributed by atoms with Crippen molar-refractivity contribution in [3.05, 3.63) is 65.5 Å². The maximum absolute atomic E-state index is 13.5. The van der Waals surface area contributed by atoms with Gasteiger partial charge in [0.15, 0.2) is 0 Å². The van der Waals surface area contributed by atoms with Crippen LogP contribution in [0.4, 0.5) is 14.9 Å². The summed E-state index contributed by atoms with van der Waals surface area (Å²) in [5, 5.41) is 5.49. The number of amides is 3. The number of carbonyl (C=O) groups is 2. The van der Waals surface area contributed by atoms with E-state index in [1.165, 1.54) is 13.0 Å². The van der Waals surface area contributed by atoms with E-state index in [1.807, 2.05) is 18.2 Å². The fraction of sp³-hybridized carbons (Fsp3) is 0.263. The molecular weight excluding hydrogens is 321 g/mol. The third-order valence-electron chi connectivity index (χ3n) is 3.85. The van der Waals surface area contributed by atoms with Gasteiger partial charge < -0.3 is 15.5 Å². The summed E-state index contributed by atoms with van der Waals surface area (Å²) >= 11 is 0. The van der Waals surface area contributed by atoms with Crippen molar-refractivity contribution < 1.29 is 14.0 Å². The van der Waals surface area contributed by atoms with Gasteiger partial charge in [-0.3, -0.25) is 4.79 Å². The lowest BCUT2D eigenvalue weighted by molar-refractivity contribution is -0.128. The Labute approximate surface area is 146 Å². The molecule has 0 spiro atoms. The molecule has 2 aromatic carbocycles. The molecule has 0 aromatic heterocycles. The van der Waals surface area contributed by atoms with Gasteiger partial charge in [-0.05, 0) is 29.7 Å². The maximum Gasteiger partial charge on any atom is 0.319 e. The molecule has 0 heterocycles. The Hall–Kier alpha value is -2.89. The topological polar surface area (TPSA) is 61.4 Å². The molecule has 0 aliphatic carbocycles. The summed E-state index contributed by atoms with van der Waals surface area (Å²) in [6.07, 6.45) is 0.412. The first-order valence-corrected chi connectivity index (χ1v) is 8.05. The van der Waals surface area contributed by atoms with Crippen molar-refractivity contribution in [2.75, 3.05) is 18.9 Å². The fourth-order valence-corrected chi connectivity index (χ4v) is 2.33. The SMILES string of the molecule is CC(=O)N(C)Cc1ccccc1NC(=O)NCCc1ccccc1F. The summed E-state index contributed by atoms with van der Waals surface area (Å²) in [4.78, 5) is 25.0. The van der Waals surface area contributed by atoms with E-state index in [-0.39, 0.29) is 17.8 Å². The molecule has 0 aliphatic heterocycles. The number of benzene rings is 2. The first-order valence-electron chi connectivity index (χ1n) is 8.05. The molecule has 0 aliphatic rings. The average molecular weight is 343 g/mol. The van der Waals surface area contributed by atoms with E-state index in [9.17, 15) is 14.0 Å². The fourth-order valence-electron chi connectivity index (χ4n) is 2.33. The van der Waals surface area contributed by atoms with Gasteiger partial charge >= 0.3 is 6.03 Å². The molecule has 0 saturated carbocycles. The van der Waals surface area contributed by atoms with Crippen LogP contribution in [0.2, 0.25) is 0 Å². The highest BCUT2D eigenvalue weighted by Crippen LogP contribution is 2.16. The number of hydrogen-bond acceptors (Lipinski definition) is 2. The van der Waals surface area contributed by atoms with E-state index in [2.05, 4.69) is 10.6 Å². The van der Waals surface area contributed by atoms with Crippen molar-refractivity contribution in [2.45, 2.75) is 19.9 Å². The van der Waals surface area contributed by atoms with Crippen LogP contribution in [0, 0.1) is 5.82 Å². The van der Waals surface area contributed by atoms with Gasteiger partial charge in [0.2, 0.25) is 5.91 Å². The van der Waals surface area contributed by atoms with Gasteiger partial charge in [0.25, 0.3) is 0 Å². The number of urea groups is 1. The average Bonchev–Trinajstić information content (AvgIpc) is 2.58. The molecule has 2 aromatic rings. The van der Waals surface area contributed by atoms with E-state index in [1.54, 1.807) is 36.2 Å². The Morgan fingerprint density at radius 3 is 2.36 bits per heavy atom. The maximum atomic E-state index is 13.5. The van der Waals surface area contributed by atoms with Crippen LogP contribution in [-0.4, -0.2) is 30.4 Å². The van der Waals surface area contributed by atoms with E-state index in [0.717, 1.165) is 5.56 Å². The predicted molar refractivity (Wildman–Crippen MR) is 95.7 cm³/mol. The summed E-state index contributed by atoms with van der Waals surface area (Å²) < 4.78 is 13.5. The number of rotatable bonds is 6. The van der Waals surface area contributed by atoms with Gasteiger partial charge in [0.1, 0.15) is 5.82 Å². The quantitative estimate of drug-likeness (QED) is 0.846. The Morgan fingerprint density at radius 1 is 1.04 bits per heavy atom. The molecule has 5 nitrogen and oxygen atoms in total. The first-order chi connectivity index (χ1) is 12.0. The van der Waals surface area contributed by atoms with Gasteiger partial charge in [-0.1, -0.05) is 36.4 Å². The molecule has 0 bridgehead atoms. The Bertz CT molecular complexity index is 749. The first kappa shape index (κ1) is 18.4. The zero-order chi connectivity index (χ0) is 18.2. The number of nitrogens with one attached hydrogen (secondary N) is 2. The highest BCUT2D eigenvalue weighted by molar-refractivity contribution is 5.90. The van der Waals surface area contributed by atoms with Crippen molar-refractivity contribution in [3.63, 3.8) is 0 Å². The van der Waals surface area contributed by atoms with Gasteiger partial charge in [0, 0.05) is 32.7 Å². The molecule has 0 radical (unpaired) electrons. The van der Waals surface area contributed by atoms with Crippen molar-refractivity contribution in [1.29, 1.82) is 0 Å². The number of para-hydroxylation sites is 1. The molecule has 0 saturated heterocycles. The summed E-state index contributed by atoms with van der Waals surface area (Å²) in [5.74, 6) is -0.327. The van der Waals surface area contributed by atoms with Crippen LogP contribution in [0.3, 0.4) is 0 Å². The third-order valence-corrected chi connectivity index (χ3v) is 3.85. The van der Waals surface area contributed by atoms with Crippen LogP contribution in [-0.2, 0) is 17.8 Å². The molecule has 132 valence electrons. The van der Waals surface area contributed by atoms with Crippen LogP contribution < -0.4 is 10.6 Å². The van der Waals surface area contributed by atoms with Crippen molar-refractivity contribution >= 4 is 17.6 Å². The van der Waals surface area contributed by atoms with Crippen molar-refractivity contribution in [2.24, 2.45) is 0 Å². The number of hydrogen-bond donors (Lipinski definition) is 2. The minimum absolute atomic E-state index is 0.0517. The molecule has 0 unspecified atom stereocenters. The van der Waals surface area contributed by atoms with Crippen LogP contribution in [0.5, 0.6) is 0 Å². The summed E-state index contributed by atoms with van der Waals surface area (Å²) in [6, 6.07) is 13.4. The molecule has 2 rings (SSSR count). The second kappa shape index (κ2) is 8.82. The monoisotopic (exact) mass is 343 g/mol. The normalized spacial score (nSPS) is 10.2. The molecule has 6 heteroatoms. The number of halogens is 1. The van der Waals surface area contributed by atoms with Crippen molar-refractivity contribution in [3.8, 4) is 0 Å². The molecule has 25 heavy (non-hydrogen) atoms. The third kappa shape index (κ3) is 5.60. The lowest BCUT2D eigenvalue weighted by Gasteiger charge is -2.18. The van der Waals surface area contributed by atoms with E-state index < -0.39 is 0 Å². The summed E-state index contributed by atoms with van der Waals surface area (Å²) in [5.41, 5.74) is 2.04. The second-order valence-electron chi connectivity index (χ2n) is 5.75. The Balaban J connectivity index is 1.90. The van der Waals surface area contributed by atoms with Gasteiger partial charge in [-0.15, -0.1) is 0 Å². The van der Waals surface area contributed by atoms with E-state index in [0.29, 0.717) is 30.8 Å². The minimum atomic E-state index is -0.366. The largest absolute Gasteiger partial charge is 0.342 e. The summed E-state index contributed by atoms with van der Waals surface area (Å²) in [6.45, 7) is 2.22. The predicted octanol–water partition coefficient (Wildman–Crippen LogP) is 3.17. The minimum Gasteiger partial charge on any atom is -0.342 e. The lowest BCUT2D eigenvalue weighted by atomic mass is 10.1. The molecular formula is C19H22FN3O2. The Kier molecular flexibility index (Phi) is 6.51. The molecule has 3 amide bonds.